The van der Waals surface area contributed by atoms with Crippen molar-refractivity contribution in [2.45, 2.75) is 6.92 Å². The van der Waals surface area contributed by atoms with Crippen molar-refractivity contribution in [2.75, 3.05) is 6.61 Å². The van der Waals surface area contributed by atoms with Crippen LogP contribution in [0.2, 0.25) is 0 Å². The van der Waals surface area contributed by atoms with Crippen LogP contribution >= 0.6 is 0 Å². The Morgan fingerprint density at radius 2 is 1.59 bits per heavy atom. The van der Waals surface area contributed by atoms with Crippen molar-refractivity contribution in [1.82, 2.24) is 0 Å². The Bertz CT molecular complexity index is 1360. The Hall–Kier alpha value is -3.79. The lowest BCUT2D eigenvalue weighted by molar-refractivity contribution is 0.104. The second kappa shape index (κ2) is 6.99. The molecule has 0 unspecified atom stereocenters. The van der Waals surface area contributed by atoms with Crippen molar-refractivity contribution in [3.63, 3.8) is 0 Å². The first kappa shape index (κ1) is 17.3. The molecule has 0 saturated carbocycles. The van der Waals surface area contributed by atoms with Gasteiger partial charge in [-0.05, 0) is 47.5 Å². The predicted molar refractivity (Wildman–Crippen MR) is 114 cm³/mol. The van der Waals surface area contributed by atoms with Crippen LogP contribution in [-0.4, -0.2) is 12.8 Å². The van der Waals surface area contributed by atoms with E-state index < -0.39 is 6.16 Å². The van der Waals surface area contributed by atoms with E-state index in [1.54, 1.807) is 6.92 Å². The number of furan rings is 1. The van der Waals surface area contributed by atoms with Crippen LogP contribution in [0.1, 0.15) is 6.92 Å². The van der Waals surface area contributed by atoms with Crippen LogP contribution in [-0.2, 0) is 4.74 Å². The fraction of sp³-hybridized carbons (Fsp3) is 0.0800. The van der Waals surface area contributed by atoms with Crippen molar-refractivity contribution in [2.24, 2.45) is 0 Å². The molecular formula is C25H18O4. The molecule has 0 aliphatic rings. The highest BCUT2D eigenvalue weighted by Crippen LogP contribution is 2.40. The molecule has 0 fully saturated rings. The van der Waals surface area contributed by atoms with E-state index in [0.29, 0.717) is 5.75 Å². The number of carbonyl (C=O) groups excluding carboxylic acids is 1. The normalized spacial score (nSPS) is 11.2. The van der Waals surface area contributed by atoms with E-state index in [2.05, 4.69) is 6.07 Å². The lowest BCUT2D eigenvalue weighted by Crippen LogP contribution is -2.10. The van der Waals surface area contributed by atoms with Gasteiger partial charge < -0.3 is 13.9 Å². The molecule has 1 heterocycles. The molecule has 0 amide bonds. The van der Waals surface area contributed by atoms with Gasteiger partial charge in [-0.1, -0.05) is 54.6 Å². The van der Waals surface area contributed by atoms with Gasteiger partial charge in [-0.25, -0.2) is 4.79 Å². The van der Waals surface area contributed by atoms with E-state index in [1.807, 2.05) is 72.8 Å². The smallest absolute Gasteiger partial charge is 0.456 e. The second-order valence-corrected chi connectivity index (χ2v) is 6.75. The van der Waals surface area contributed by atoms with Crippen LogP contribution in [0.15, 0.2) is 83.3 Å². The Morgan fingerprint density at radius 3 is 2.45 bits per heavy atom. The maximum Gasteiger partial charge on any atom is 0.513 e. The fourth-order valence-corrected chi connectivity index (χ4v) is 3.75. The molecule has 0 bridgehead atoms. The van der Waals surface area contributed by atoms with Gasteiger partial charge in [-0.2, -0.15) is 0 Å². The van der Waals surface area contributed by atoms with Crippen molar-refractivity contribution in [3.05, 3.63) is 78.9 Å². The minimum atomic E-state index is -0.709. The monoisotopic (exact) mass is 382 g/mol. The standard InChI is InChI=1S/C25H18O4/c1-2-27-25(26)29-23-14-11-16-7-3-4-8-18(16)24(23)17-12-13-22-20(15-17)19-9-5-6-10-21(19)28-22/h3-15H,2H2,1H3. The van der Waals surface area contributed by atoms with Gasteiger partial charge in [0.15, 0.2) is 0 Å². The highest BCUT2D eigenvalue weighted by Gasteiger charge is 2.16. The topological polar surface area (TPSA) is 48.7 Å². The maximum atomic E-state index is 12.0. The molecular weight excluding hydrogens is 364 g/mol. The summed E-state index contributed by atoms with van der Waals surface area (Å²) in [5.74, 6) is 0.467. The number of para-hydroxylation sites is 1. The summed E-state index contributed by atoms with van der Waals surface area (Å²) in [7, 11) is 0. The average molecular weight is 382 g/mol. The maximum absolute atomic E-state index is 12.0. The van der Waals surface area contributed by atoms with Gasteiger partial charge in [-0.15, -0.1) is 0 Å². The van der Waals surface area contributed by atoms with Crippen LogP contribution in [0.3, 0.4) is 0 Å². The highest BCUT2D eigenvalue weighted by atomic mass is 16.7. The van der Waals surface area contributed by atoms with Gasteiger partial charge in [0.05, 0.1) is 6.61 Å². The van der Waals surface area contributed by atoms with E-state index in [1.165, 1.54) is 0 Å². The fourth-order valence-electron chi connectivity index (χ4n) is 3.75. The third-order valence-electron chi connectivity index (χ3n) is 5.01. The molecule has 29 heavy (non-hydrogen) atoms. The largest absolute Gasteiger partial charge is 0.513 e. The van der Waals surface area contributed by atoms with E-state index in [9.17, 15) is 4.79 Å². The lowest BCUT2D eigenvalue weighted by atomic mass is 9.96. The molecule has 5 rings (SSSR count). The summed E-state index contributed by atoms with van der Waals surface area (Å²) in [6, 6.07) is 25.8. The molecule has 0 spiro atoms. The zero-order chi connectivity index (χ0) is 19.8. The van der Waals surface area contributed by atoms with Crippen LogP contribution in [0.4, 0.5) is 4.79 Å². The van der Waals surface area contributed by atoms with Gasteiger partial charge in [0, 0.05) is 16.3 Å². The Labute approximate surface area is 167 Å². The summed E-state index contributed by atoms with van der Waals surface area (Å²) in [5.41, 5.74) is 3.46. The summed E-state index contributed by atoms with van der Waals surface area (Å²) in [6.07, 6.45) is -0.709. The van der Waals surface area contributed by atoms with E-state index in [0.717, 1.165) is 43.8 Å². The van der Waals surface area contributed by atoms with E-state index >= 15 is 0 Å². The SMILES string of the molecule is CCOC(=O)Oc1ccc2ccccc2c1-c1ccc2oc3ccccc3c2c1. The number of benzene rings is 4. The average Bonchev–Trinajstić information content (AvgIpc) is 3.11. The van der Waals surface area contributed by atoms with Gasteiger partial charge in [0.25, 0.3) is 0 Å². The van der Waals surface area contributed by atoms with Crippen molar-refractivity contribution in [3.8, 4) is 16.9 Å². The Morgan fingerprint density at radius 1 is 0.828 bits per heavy atom. The van der Waals surface area contributed by atoms with E-state index in [4.69, 9.17) is 13.9 Å². The van der Waals surface area contributed by atoms with Crippen molar-refractivity contribution >= 4 is 38.9 Å². The number of hydrogen-bond acceptors (Lipinski definition) is 4. The summed E-state index contributed by atoms with van der Waals surface area (Å²) in [6.45, 7) is 2.01. The van der Waals surface area contributed by atoms with Crippen molar-refractivity contribution < 1.29 is 18.7 Å². The molecule has 4 heteroatoms. The third-order valence-corrected chi connectivity index (χ3v) is 5.01. The molecule has 0 saturated heterocycles. The molecule has 5 aromatic rings. The van der Waals surface area contributed by atoms with Gasteiger partial charge in [-0.3, -0.25) is 0 Å². The van der Waals surface area contributed by atoms with E-state index in [-0.39, 0.29) is 6.61 Å². The van der Waals surface area contributed by atoms with Crippen LogP contribution in [0.25, 0.3) is 43.8 Å². The molecule has 0 radical (unpaired) electrons. The first-order chi connectivity index (χ1) is 14.2. The van der Waals surface area contributed by atoms with Gasteiger partial charge >= 0.3 is 6.16 Å². The van der Waals surface area contributed by atoms with Crippen LogP contribution in [0.5, 0.6) is 5.75 Å². The van der Waals surface area contributed by atoms with Crippen molar-refractivity contribution in [1.29, 1.82) is 0 Å². The van der Waals surface area contributed by atoms with Crippen LogP contribution in [0, 0.1) is 0 Å². The predicted octanol–water partition coefficient (Wildman–Crippen LogP) is 6.94. The summed E-state index contributed by atoms with van der Waals surface area (Å²) in [5, 5.41) is 4.14. The molecule has 0 atom stereocenters. The summed E-state index contributed by atoms with van der Waals surface area (Å²) >= 11 is 0. The first-order valence-electron chi connectivity index (χ1n) is 9.52. The molecule has 4 aromatic carbocycles. The number of hydrogen-bond donors (Lipinski definition) is 0. The third kappa shape index (κ3) is 2.99. The number of carbonyl (C=O) groups is 1. The number of ether oxygens (including phenoxy) is 2. The molecule has 142 valence electrons. The molecule has 1 aromatic heterocycles. The molecule has 0 aliphatic carbocycles. The van der Waals surface area contributed by atoms with Gasteiger partial charge in [0.1, 0.15) is 16.9 Å². The highest BCUT2D eigenvalue weighted by molar-refractivity contribution is 6.08. The van der Waals surface area contributed by atoms with Gasteiger partial charge in [0.2, 0.25) is 0 Å². The Kier molecular flexibility index (Phi) is 4.17. The lowest BCUT2D eigenvalue weighted by Gasteiger charge is -2.13. The number of rotatable bonds is 3. The number of fused-ring (bicyclic) bond motifs is 4. The quantitative estimate of drug-likeness (QED) is 0.250. The molecule has 4 nitrogen and oxygen atoms in total. The second-order valence-electron chi connectivity index (χ2n) is 6.75. The summed E-state index contributed by atoms with van der Waals surface area (Å²) < 4.78 is 16.5. The zero-order valence-corrected chi connectivity index (χ0v) is 15.8. The van der Waals surface area contributed by atoms with Crippen LogP contribution < -0.4 is 4.74 Å². The molecule has 0 N–H and O–H groups in total. The first-order valence-corrected chi connectivity index (χ1v) is 9.52. The Balaban J connectivity index is 1.76. The minimum Gasteiger partial charge on any atom is -0.456 e. The minimum absolute atomic E-state index is 0.259. The molecule has 0 aliphatic heterocycles. The summed E-state index contributed by atoms with van der Waals surface area (Å²) in [4.78, 5) is 12.0. The zero-order valence-electron chi connectivity index (χ0n) is 15.8.